The lowest BCUT2D eigenvalue weighted by Gasteiger charge is -2.16. The first-order valence-electron chi connectivity index (χ1n) is 6.44. The summed E-state index contributed by atoms with van der Waals surface area (Å²) in [5, 5.41) is 9.94. The van der Waals surface area contributed by atoms with Crippen molar-refractivity contribution < 1.29 is 9.50 Å². The number of aliphatic hydroxyl groups excluding tert-OH is 1. The van der Waals surface area contributed by atoms with Gasteiger partial charge >= 0.3 is 0 Å². The molecule has 100 valence electrons. The largest absolute Gasteiger partial charge is 0.388 e. The third-order valence-corrected chi connectivity index (χ3v) is 4.14. The Labute approximate surface area is 120 Å². The monoisotopic (exact) mass is 323 g/mol. The Morgan fingerprint density at radius 1 is 1.37 bits per heavy atom. The molecule has 19 heavy (non-hydrogen) atoms. The van der Waals surface area contributed by atoms with Crippen molar-refractivity contribution >= 4 is 15.9 Å². The van der Waals surface area contributed by atoms with Crippen molar-refractivity contribution in [2.45, 2.75) is 31.9 Å². The summed E-state index contributed by atoms with van der Waals surface area (Å²) in [6.07, 6.45) is 6.45. The molecule has 0 bridgehead atoms. The van der Waals surface area contributed by atoms with Crippen LogP contribution in [0.2, 0.25) is 0 Å². The maximum Gasteiger partial charge on any atom is 0.129 e. The predicted octanol–water partition coefficient (Wildman–Crippen LogP) is 3.81. The van der Waals surface area contributed by atoms with Gasteiger partial charge in [-0.2, -0.15) is 0 Å². The average Bonchev–Trinajstić information content (AvgIpc) is 2.77. The molecule has 0 saturated carbocycles. The fraction of sp³-hybridized carbons (Fsp3) is 0.333. The molecule has 0 radical (unpaired) electrons. The minimum absolute atomic E-state index is 0.207. The Morgan fingerprint density at radius 2 is 2.21 bits per heavy atom. The zero-order valence-corrected chi connectivity index (χ0v) is 12.0. The Balaban J connectivity index is 1.87. The molecule has 1 heterocycles. The highest BCUT2D eigenvalue weighted by atomic mass is 79.9. The fourth-order valence-electron chi connectivity index (χ4n) is 2.66. The van der Waals surface area contributed by atoms with E-state index in [4.69, 9.17) is 0 Å². The molecule has 1 aromatic heterocycles. The molecular weight excluding hydrogens is 309 g/mol. The predicted molar refractivity (Wildman–Crippen MR) is 75.5 cm³/mol. The molecule has 0 saturated heterocycles. The van der Waals surface area contributed by atoms with Crippen LogP contribution in [0.1, 0.15) is 35.6 Å². The number of aromatic nitrogens is 1. The Hall–Kier alpha value is -1.13. The van der Waals surface area contributed by atoms with E-state index in [2.05, 4.69) is 15.9 Å². The molecule has 0 amide bonds. The van der Waals surface area contributed by atoms with E-state index in [1.165, 1.54) is 11.6 Å². The minimum Gasteiger partial charge on any atom is -0.388 e. The maximum absolute atomic E-state index is 13.8. The molecule has 1 aliphatic rings. The van der Waals surface area contributed by atoms with Gasteiger partial charge in [0.05, 0.1) is 6.10 Å². The smallest absolute Gasteiger partial charge is 0.129 e. The van der Waals surface area contributed by atoms with Crippen LogP contribution >= 0.6 is 15.9 Å². The highest BCUT2D eigenvalue weighted by Crippen LogP contribution is 2.30. The van der Waals surface area contributed by atoms with Crippen LogP contribution in [-0.4, -0.2) is 9.67 Å². The number of aryl methyl sites for hydroxylation is 1. The molecule has 1 aliphatic carbocycles. The van der Waals surface area contributed by atoms with Crippen LogP contribution in [0.25, 0.3) is 0 Å². The quantitative estimate of drug-likeness (QED) is 0.893. The van der Waals surface area contributed by atoms with Crippen molar-refractivity contribution in [1.29, 1.82) is 0 Å². The fourth-order valence-corrected chi connectivity index (χ4v) is 2.99. The van der Waals surface area contributed by atoms with E-state index < -0.39 is 0 Å². The zero-order chi connectivity index (χ0) is 13.4. The molecule has 2 aromatic rings. The maximum atomic E-state index is 13.8. The number of aliphatic hydroxyl groups is 1. The number of hydrogen-bond donors (Lipinski definition) is 1. The molecule has 0 spiro atoms. The van der Waals surface area contributed by atoms with E-state index in [0.29, 0.717) is 12.1 Å². The number of fused-ring (bicyclic) bond motifs is 1. The second kappa shape index (κ2) is 5.10. The van der Waals surface area contributed by atoms with Gasteiger partial charge in [-0.15, -0.1) is 0 Å². The van der Waals surface area contributed by atoms with E-state index in [1.807, 2.05) is 23.0 Å². The summed E-state index contributed by atoms with van der Waals surface area (Å²) in [4.78, 5) is 0. The Bertz CT molecular complexity index is 608. The minimum atomic E-state index is -0.361. The summed E-state index contributed by atoms with van der Waals surface area (Å²) in [6.45, 7) is 0.499. The van der Waals surface area contributed by atoms with Gasteiger partial charge in [0.15, 0.2) is 0 Å². The van der Waals surface area contributed by atoms with E-state index in [9.17, 15) is 9.50 Å². The molecule has 3 rings (SSSR count). The number of hydrogen-bond acceptors (Lipinski definition) is 1. The van der Waals surface area contributed by atoms with Gasteiger partial charge in [0.25, 0.3) is 0 Å². The summed E-state index contributed by atoms with van der Waals surface area (Å²) in [6, 6.07) is 5.11. The summed E-state index contributed by atoms with van der Waals surface area (Å²) >= 11 is 3.26. The Morgan fingerprint density at radius 3 is 2.95 bits per heavy atom. The van der Waals surface area contributed by atoms with E-state index in [1.54, 1.807) is 6.07 Å². The van der Waals surface area contributed by atoms with Crippen LogP contribution in [0.3, 0.4) is 0 Å². The van der Waals surface area contributed by atoms with Gasteiger partial charge in [-0.1, -0.05) is 22.0 Å². The lowest BCUT2D eigenvalue weighted by Crippen LogP contribution is -2.05. The lowest BCUT2D eigenvalue weighted by atomic mass is 9.93. The van der Waals surface area contributed by atoms with Crippen molar-refractivity contribution in [2.24, 2.45) is 0 Å². The van der Waals surface area contributed by atoms with E-state index in [-0.39, 0.29) is 11.9 Å². The topological polar surface area (TPSA) is 25.2 Å². The average molecular weight is 324 g/mol. The Kier molecular flexibility index (Phi) is 3.46. The molecule has 0 aliphatic heterocycles. The number of rotatable bonds is 2. The van der Waals surface area contributed by atoms with E-state index in [0.717, 1.165) is 29.3 Å². The van der Waals surface area contributed by atoms with Gasteiger partial charge < -0.3 is 9.67 Å². The first kappa shape index (κ1) is 12.9. The third kappa shape index (κ3) is 2.60. The molecule has 2 nitrogen and oxygen atoms in total. The van der Waals surface area contributed by atoms with Crippen LogP contribution in [0, 0.1) is 5.82 Å². The highest BCUT2D eigenvalue weighted by Gasteiger charge is 2.20. The summed E-state index contributed by atoms with van der Waals surface area (Å²) in [7, 11) is 0. The number of halogens is 2. The van der Waals surface area contributed by atoms with Crippen molar-refractivity contribution in [3.05, 3.63) is 57.6 Å². The molecule has 1 atom stereocenters. The first-order chi connectivity index (χ1) is 9.13. The summed E-state index contributed by atoms with van der Waals surface area (Å²) < 4.78 is 16.5. The van der Waals surface area contributed by atoms with Gasteiger partial charge in [0.1, 0.15) is 5.82 Å². The van der Waals surface area contributed by atoms with Crippen LogP contribution in [0.15, 0.2) is 35.1 Å². The normalized spacial score (nSPS) is 18.4. The molecule has 1 N–H and O–H groups in total. The number of nitrogens with zero attached hydrogens (tertiary/aromatic N) is 1. The lowest BCUT2D eigenvalue weighted by molar-refractivity contribution is 0.157. The summed E-state index contributed by atoms with van der Waals surface area (Å²) in [5.74, 6) is -0.207. The van der Waals surface area contributed by atoms with Gasteiger partial charge in [-0.05, 0) is 37.0 Å². The van der Waals surface area contributed by atoms with Gasteiger partial charge in [0, 0.05) is 34.5 Å². The van der Waals surface area contributed by atoms with Gasteiger partial charge in [-0.3, -0.25) is 0 Å². The molecule has 4 heteroatoms. The highest BCUT2D eigenvalue weighted by molar-refractivity contribution is 9.10. The van der Waals surface area contributed by atoms with Crippen LogP contribution in [-0.2, 0) is 13.0 Å². The third-order valence-electron chi connectivity index (χ3n) is 3.65. The SMILES string of the molecule is OC1CCCc2cn(Cc3ccc(Br)cc3F)cc21. The van der Waals surface area contributed by atoms with Crippen LogP contribution in [0.5, 0.6) is 0 Å². The van der Waals surface area contributed by atoms with Gasteiger partial charge in [0.2, 0.25) is 0 Å². The van der Waals surface area contributed by atoms with Crippen molar-refractivity contribution in [3.8, 4) is 0 Å². The second-order valence-corrected chi connectivity index (χ2v) is 5.97. The molecule has 0 fully saturated rings. The molecular formula is C15H15BrFNO. The second-order valence-electron chi connectivity index (χ2n) is 5.05. The van der Waals surface area contributed by atoms with Gasteiger partial charge in [-0.25, -0.2) is 4.39 Å². The van der Waals surface area contributed by atoms with Crippen LogP contribution in [0.4, 0.5) is 4.39 Å². The standard InChI is InChI=1S/C15H15BrFNO/c16-12-5-4-11(14(17)6-12)8-18-7-10-2-1-3-15(19)13(10)9-18/h4-7,9,15,19H,1-3,8H2. The number of benzene rings is 1. The van der Waals surface area contributed by atoms with Crippen molar-refractivity contribution in [3.63, 3.8) is 0 Å². The van der Waals surface area contributed by atoms with Crippen molar-refractivity contribution in [2.75, 3.05) is 0 Å². The molecule has 1 aromatic carbocycles. The van der Waals surface area contributed by atoms with E-state index >= 15 is 0 Å². The van der Waals surface area contributed by atoms with Crippen molar-refractivity contribution in [1.82, 2.24) is 4.57 Å². The zero-order valence-electron chi connectivity index (χ0n) is 10.4. The first-order valence-corrected chi connectivity index (χ1v) is 7.23. The van der Waals surface area contributed by atoms with Crippen LogP contribution < -0.4 is 0 Å². The molecule has 1 unspecified atom stereocenters. The summed E-state index contributed by atoms with van der Waals surface area (Å²) in [5.41, 5.74) is 2.85.